The van der Waals surface area contributed by atoms with E-state index in [1.54, 1.807) is 0 Å². The second kappa shape index (κ2) is 15.9. The standard InChI is InChI=1S/C20H42N4O.HI/c1-6-25-19(17(2)3)11-13-23-20(21-5)22-12-7-8-14-24-15-9-10-18(4)16-24;/h17-19H,6-16H2,1-5H3,(H2,21,22,23);1H. The number of unbranched alkanes of at least 4 members (excludes halogenated alkanes) is 1. The summed E-state index contributed by atoms with van der Waals surface area (Å²) in [7, 11) is 1.84. The van der Waals surface area contributed by atoms with E-state index < -0.39 is 0 Å². The Balaban J connectivity index is 0.00000625. The van der Waals surface area contributed by atoms with Crippen molar-refractivity contribution in [3.8, 4) is 0 Å². The quantitative estimate of drug-likeness (QED) is 0.204. The third-order valence-electron chi connectivity index (χ3n) is 5.00. The highest BCUT2D eigenvalue weighted by atomic mass is 127. The number of nitrogens with one attached hydrogen (secondary N) is 2. The van der Waals surface area contributed by atoms with Gasteiger partial charge in [0.25, 0.3) is 0 Å². The summed E-state index contributed by atoms with van der Waals surface area (Å²) in [5.41, 5.74) is 0. The maximum Gasteiger partial charge on any atom is 0.190 e. The molecule has 156 valence electrons. The fourth-order valence-electron chi connectivity index (χ4n) is 3.53. The largest absolute Gasteiger partial charge is 0.378 e. The molecule has 26 heavy (non-hydrogen) atoms. The molecule has 1 aliphatic rings. The molecule has 2 atom stereocenters. The lowest BCUT2D eigenvalue weighted by molar-refractivity contribution is 0.0258. The number of nitrogens with zero attached hydrogens (tertiary/aromatic N) is 2. The lowest BCUT2D eigenvalue weighted by Crippen LogP contribution is -2.40. The van der Waals surface area contributed by atoms with Crippen molar-refractivity contribution >= 4 is 29.9 Å². The predicted octanol–water partition coefficient (Wildman–Crippen LogP) is 3.73. The normalized spacial score (nSPS) is 19.9. The van der Waals surface area contributed by atoms with Gasteiger partial charge >= 0.3 is 0 Å². The molecule has 0 amide bonds. The topological polar surface area (TPSA) is 48.9 Å². The molecular formula is C20H43IN4O. The Labute approximate surface area is 179 Å². The van der Waals surface area contributed by atoms with Crippen molar-refractivity contribution in [1.29, 1.82) is 0 Å². The molecule has 0 spiro atoms. The molecule has 2 N–H and O–H groups in total. The van der Waals surface area contributed by atoms with E-state index in [1.807, 2.05) is 7.05 Å². The average molecular weight is 482 g/mol. The van der Waals surface area contributed by atoms with Crippen molar-refractivity contribution in [3.05, 3.63) is 0 Å². The second-order valence-electron chi connectivity index (χ2n) is 7.71. The summed E-state index contributed by atoms with van der Waals surface area (Å²) in [6, 6.07) is 0. The number of piperidine rings is 1. The van der Waals surface area contributed by atoms with E-state index in [0.29, 0.717) is 12.0 Å². The van der Waals surface area contributed by atoms with Crippen LogP contribution in [-0.4, -0.2) is 63.3 Å². The second-order valence-corrected chi connectivity index (χ2v) is 7.71. The first-order chi connectivity index (χ1) is 12.1. The zero-order valence-electron chi connectivity index (χ0n) is 17.7. The summed E-state index contributed by atoms with van der Waals surface area (Å²) in [5, 5.41) is 6.84. The van der Waals surface area contributed by atoms with E-state index >= 15 is 0 Å². The molecule has 1 aliphatic heterocycles. The number of ether oxygens (including phenoxy) is 1. The number of likely N-dealkylation sites (tertiary alicyclic amines) is 1. The smallest absolute Gasteiger partial charge is 0.190 e. The van der Waals surface area contributed by atoms with Crippen LogP contribution in [0, 0.1) is 11.8 Å². The Morgan fingerprint density at radius 3 is 2.58 bits per heavy atom. The molecule has 0 saturated carbocycles. The van der Waals surface area contributed by atoms with Crippen molar-refractivity contribution < 1.29 is 4.74 Å². The van der Waals surface area contributed by atoms with Crippen LogP contribution in [0.2, 0.25) is 0 Å². The first kappa shape index (κ1) is 25.9. The maximum absolute atomic E-state index is 5.79. The van der Waals surface area contributed by atoms with E-state index in [4.69, 9.17) is 4.74 Å². The van der Waals surface area contributed by atoms with Crippen molar-refractivity contribution in [2.75, 3.05) is 46.4 Å². The number of aliphatic imine (C=N–C) groups is 1. The molecule has 1 rings (SSSR count). The molecule has 1 fully saturated rings. The Bertz CT molecular complexity index is 366. The summed E-state index contributed by atoms with van der Waals surface area (Å²) < 4.78 is 5.79. The molecule has 1 heterocycles. The maximum atomic E-state index is 5.79. The highest BCUT2D eigenvalue weighted by Gasteiger charge is 2.15. The molecule has 1 saturated heterocycles. The van der Waals surface area contributed by atoms with E-state index in [-0.39, 0.29) is 24.0 Å². The minimum atomic E-state index is 0. The predicted molar refractivity (Wildman–Crippen MR) is 124 cm³/mol. The molecule has 0 aliphatic carbocycles. The lowest BCUT2D eigenvalue weighted by atomic mass is 10.0. The zero-order chi connectivity index (χ0) is 18.5. The summed E-state index contributed by atoms with van der Waals surface area (Å²) in [4.78, 5) is 6.94. The molecule has 0 radical (unpaired) electrons. The Morgan fingerprint density at radius 1 is 1.23 bits per heavy atom. The van der Waals surface area contributed by atoms with Crippen LogP contribution in [-0.2, 0) is 4.74 Å². The average Bonchev–Trinajstić information content (AvgIpc) is 2.59. The number of rotatable bonds is 11. The van der Waals surface area contributed by atoms with Gasteiger partial charge in [0.1, 0.15) is 0 Å². The zero-order valence-corrected chi connectivity index (χ0v) is 20.1. The van der Waals surface area contributed by atoms with Gasteiger partial charge in [-0.15, -0.1) is 24.0 Å². The van der Waals surface area contributed by atoms with Crippen LogP contribution in [0.15, 0.2) is 4.99 Å². The van der Waals surface area contributed by atoms with Crippen molar-refractivity contribution in [2.24, 2.45) is 16.8 Å². The minimum Gasteiger partial charge on any atom is -0.378 e. The van der Waals surface area contributed by atoms with Gasteiger partial charge < -0.3 is 20.3 Å². The fourth-order valence-corrected chi connectivity index (χ4v) is 3.53. The summed E-state index contributed by atoms with van der Waals surface area (Å²) in [6.45, 7) is 15.4. The van der Waals surface area contributed by atoms with Crippen molar-refractivity contribution in [1.82, 2.24) is 15.5 Å². The van der Waals surface area contributed by atoms with Crippen LogP contribution in [0.4, 0.5) is 0 Å². The van der Waals surface area contributed by atoms with Crippen LogP contribution in [0.5, 0.6) is 0 Å². The number of hydrogen-bond acceptors (Lipinski definition) is 3. The van der Waals surface area contributed by atoms with Gasteiger partial charge in [0.05, 0.1) is 6.10 Å². The van der Waals surface area contributed by atoms with Crippen LogP contribution in [0.1, 0.15) is 59.8 Å². The SMILES string of the molecule is CCOC(CCNC(=NC)NCCCCN1CCCC(C)C1)C(C)C.I. The van der Waals surface area contributed by atoms with Gasteiger partial charge in [0.15, 0.2) is 5.96 Å². The third kappa shape index (κ3) is 11.6. The lowest BCUT2D eigenvalue weighted by Gasteiger charge is -2.30. The molecule has 5 nitrogen and oxygen atoms in total. The number of hydrogen-bond donors (Lipinski definition) is 2. The van der Waals surface area contributed by atoms with E-state index in [2.05, 4.69) is 48.2 Å². The van der Waals surface area contributed by atoms with E-state index in [1.165, 1.54) is 45.3 Å². The molecule has 0 bridgehead atoms. The van der Waals surface area contributed by atoms with Gasteiger partial charge in [-0.25, -0.2) is 0 Å². The fraction of sp³-hybridized carbons (Fsp3) is 0.950. The first-order valence-corrected chi connectivity index (χ1v) is 10.3. The van der Waals surface area contributed by atoms with Gasteiger partial charge in [-0.2, -0.15) is 0 Å². The number of halogens is 1. The summed E-state index contributed by atoms with van der Waals surface area (Å²) in [6.07, 6.45) is 6.56. The third-order valence-corrected chi connectivity index (χ3v) is 5.00. The Kier molecular flexibility index (Phi) is 15.9. The molecule has 0 aromatic rings. The molecule has 0 aromatic carbocycles. The van der Waals surface area contributed by atoms with Crippen LogP contribution in [0.3, 0.4) is 0 Å². The van der Waals surface area contributed by atoms with Crippen LogP contribution in [0.25, 0.3) is 0 Å². The van der Waals surface area contributed by atoms with Crippen molar-refractivity contribution in [3.63, 3.8) is 0 Å². The Hall–Kier alpha value is -0.0800. The highest BCUT2D eigenvalue weighted by Crippen LogP contribution is 2.15. The van der Waals surface area contributed by atoms with Crippen LogP contribution < -0.4 is 10.6 Å². The van der Waals surface area contributed by atoms with Gasteiger partial charge in [0.2, 0.25) is 0 Å². The molecule has 6 heteroatoms. The van der Waals surface area contributed by atoms with Gasteiger partial charge in [0, 0.05) is 33.3 Å². The number of guanidine groups is 1. The van der Waals surface area contributed by atoms with E-state index in [9.17, 15) is 0 Å². The Morgan fingerprint density at radius 2 is 1.96 bits per heavy atom. The summed E-state index contributed by atoms with van der Waals surface area (Å²) >= 11 is 0. The minimum absolute atomic E-state index is 0. The van der Waals surface area contributed by atoms with Crippen LogP contribution >= 0.6 is 24.0 Å². The monoisotopic (exact) mass is 482 g/mol. The first-order valence-electron chi connectivity index (χ1n) is 10.3. The summed E-state index contributed by atoms with van der Waals surface area (Å²) in [5.74, 6) is 2.33. The molecule has 0 aromatic heterocycles. The van der Waals surface area contributed by atoms with Gasteiger partial charge in [-0.1, -0.05) is 20.8 Å². The highest BCUT2D eigenvalue weighted by molar-refractivity contribution is 14.0. The van der Waals surface area contributed by atoms with Gasteiger partial charge in [-0.3, -0.25) is 4.99 Å². The van der Waals surface area contributed by atoms with E-state index in [0.717, 1.165) is 38.0 Å². The van der Waals surface area contributed by atoms with Gasteiger partial charge in [-0.05, 0) is 64.0 Å². The van der Waals surface area contributed by atoms with Crippen molar-refractivity contribution in [2.45, 2.75) is 65.9 Å². The molecular weight excluding hydrogens is 439 g/mol. The molecule has 2 unspecified atom stereocenters.